The van der Waals surface area contributed by atoms with Crippen molar-refractivity contribution in [3.63, 3.8) is 0 Å². The van der Waals surface area contributed by atoms with Crippen LogP contribution in [-0.4, -0.2) is 29.1 Å². The molecule has 0 aliphatic carbocycles. The van der Waals surface area contributed by atoms with Gasteiger partial charge >= 0.3 is 0 Å². The second kappa shape index (κ2) is 4.00. The summed E-state index contributed by atoms with van der Waals surface area (Å²) in [5, 5.41) is 1.65. The second-order valence-electron chi connectivity index (χ2n) is 2.33. The number of nitrogens with zero attached hydrogens (tertiary/aromatic N) is 3. The minimum absolute atomic E-state index is 0.522. The molecule has 0 amide bonds. The van der Waals surface area contributed by atoms with Crippen LogP contribution in [0.3, 0.4) is 0 Å². The molecule has 0 aliphatic rings. The third-order valence-corrected chi connectivity index (χ3v) is 1.10. The molecule has 0 saturated heterocycles. The number of rotatable bonds is 3. The van der Waals surface area contributed by atoms with Crippen LogP contribution in [0.15, 0.2) is 18.7 Å². The van der Waals surface area contributed by atoms with Gasteiger partial charge < -0.3 is 0 Å². The van der Waals surface area contributed by atoms with Gasteiger partial charge in [-0.1, -0.05) is 0 Å². The first-order valence-electron chi connectivity index (χ1n) is 3.33. The molecule has 1 aromatic heterocycles. The highest BCUT2D eigenvalue weighted by Gasteiger charge is 1.93. The van der Waals surface area contributed by atoms with Gasteiger partial charge in [0.15, 0.2) is 0 Å². The van der Waals surface area contributed by atoms with Crippen LogP contribution in [0.2, 0.25) is 0 Å². The summed E-state index contributed by atoms with van der Waals surface area (Å²) in [7, 11) is 3.67. The maximum Gasteiger partial charge on any atom is 0.115 e. The van der Waals surface area contributed by atoms with Gasteiger partial charge in [0, 0.05) is 32.1 Å². The minimum Gasteiger partial charge on any atom is -0.295 e. The molecular weight excluding hydrogens is 142 g/mol. The Kier molecular flexibility index (Phi) is 2.95. The molecule has 0 radical (unpaired) electrons. The highest BCUT2D eigenvalue weighted by molar-refractivity contribution is 4.99. The lowest BCUT2D eigenvalue weighted by molar-refractivity contribution is -0.131. The van der Waals surface area contributed by atoms with Gasteiger partial charge in [-0.15, -0.1) is 0 Å². The topological polar surface area (TPSA) is 38.2 Å². The molecule has 0 spiro atoms. The SMILES string of the molecule is CN(C)OCc1cncnc1. The predicted octanol–water partition coefficient (Wildman–Crippen LogP) is 0.470. The Morgan fingerprint density at radius 1 is 1.36 bits per heavy atom. The lowest BCUT2D eigenvalue weighted by Gasteiger charge is -2.08. The first kappa shape index (κ1) is 8.10. The zero-order chi connectivity index (χ0) is 8.10. The summed E-state index contributed by atoms with van der Waals surface area (Å²) in [4.78, 5) is 12.9. The maximum absolute atomic E-state index is 5.18. The molecule has 1 aromatic rings. The Morgan fingerprint density at radius 3 is 2.55 bits per heavy atom. The molecule has 0 unspecified atom stereocenters. The van der Waals surface area contributed by atoms with Crippen molar-refractivity contribution in [2.45, 2.75) is 6.61 Å². The zero-order valence-electron chi connectivity index (χ0n) is 6.69. The number of hydrogen-bond donors (Lipinski definition) is 0. The zero-order valence-corrected chi connectivity index (χ0v) is 6.69. The van der Waals surface area contributed by atoms with Crippen LogP contribution in [0.5, 0.6) is 0 Å². The van der Waals surface area contributed by atoms with Crippen molar-refractivity contribution >= 4 is 0 Å². The lowest BCUT2D eigenvalue weighted by atomic mass is 10.4. The predicted molar refractivity (Wildman–Crippen MR) is 40.5 cm³/mol. The third-order valence-electron chi connectivity index (χ3n) is 1.10. The molecule has 0 atom stereocenters. The summed E-state index contributed by atoms with van der Waals surface area (Å²) < 4.78 is 0. The van der Waals surface area contributed by atoms with E-state index in [1.54, 1.807) is 17.5 Å². The summed E-state index contributed by atoms with van der Waals surface area (Å²) in [5.74, 6) is 0. The molecule has 1 rings (SSSR count). The van der Waals surface area contributed by atoms with E-state index in [1.165, 1.54) is 6.33 Å². The molecular formula is C7H11N3O. The van der Waals surface area contributed by atoms with E-state index in [1.807, 2.05) is 14.1 Å². The van der Waals surface area contributed by atoms with Crippen LogP contribution >= 0.6 is 0 Å². The molecule has 4 nitrogen and oxygen atoms in total. The Hall–Kier alpha value is -1.00. The molecule has 0 aromatic carbocycles. The molecule has 60 valence electrons. The van der Waals surface area contributed by atoms with Crippen LogP contribution in [0.25, 0.3) is 0 Å². The molecule has 0 fully saturated rings. The fourth-order valence-corrected chi connectivity index (χ4v) is 0.608. The van der Waals surface area contributed by atoms with Gasteiger partial charge in [-0.25, -0.2) is 9.97 Å². The van der Waals surface area contributed by atoms with Gasteiger partial charge in [-0.3, -0.25) is 4.84 Å². The van der Waals surface area contributed by atoms with Crippen LogP contribution in [-0.2, 0) is 11.4 Å². The number of aromatic nitrogens is 2. The highest BCUT2D eigenvalue weighted by atomic mass is 16.7. The standard InChI is InChI=1S/C7H11N3O/c1-10(2)11-5-7-3-8-6-9-4-7/h3-4,6H,5H2,1-2H3. The molecule has 0 aliphatic heterocycles. The lowest BCUT2D eigenvalue weighted by Crippen LogP contribution is -2.12. The quantitative estimate of drug-likeness (QED) is 0.592. The van der Waals surface area contributed by atoms with Gasteiger partial charge in [0.05, 0.1) is 6.61 Å². The van der Waals surface area contributed by atoms with E-state index in [4.69, 9.17) is 4.84 Å². The summed E-state index contributed by atoms with van der Waals surface area (Å²) in [6.07, 6.45) is 4.96. The Balaban J connectivity index is 2.39. The summed E-state index contributed by atoms with van der Waals surface area (Å²) in [6, 6.07) is 0. The van der Waals surface area contributed by atoms with E-state index in [0.717, 1.165) is 5.56 Å². The van der Waals surface area contributed by atoms with E-state index in [9.17, 15) is 0 Å². The van der Waals surface area contributed by atoms with Crippen molar-refractivity contribution in [3.05, 3.63) is 24.3 Å². The second-order valence-corrected chi connectivity index (χ2v) is 2.33. The largest absolute Gasteiger partial charge is 0.295 e. The smallest absolute Gasteiger partial charge is 0.115 e. The minimum atomic E-state index is 0.522. The van der Waals surface area contributed by atoms with Crippen molar-refractivity contribution in [3.8, 4) is 0 Å². The Bertz CT molecular complexity index is 200. The number of hydroxylamine groups is 2. The molecule has 0 bridgehead atoms. The van der Waals surface area contributed by atoms with Crippen LogP contribution < -0.4 is 0 Å². The fraction of sp³-hybridized carbons (Fsp3) is 0.429. The van der Waals surface area contributed by atoms with Crippen molar-refractivity contribution in [1.29, 1.82) is 0 Å². The average Bonchev–Trinajstić information content (AvgIpc) is 2.03. The summed E-state index contributed by atoms with van der Waals surface area (Å²) >= 11 is 0. The molecule has 11 heavy (non-hydrogen) atoms. The molecule has 4 heteroatoms. The first-order chi connectivity index (χ1) is 5.29. The Morgan fingerprint density at radius 2 is 2.00 bits per heavy atom. The van der Waals surface area contributed by atoms with Gasteiger partial charge in [0.1, 0.15) is 6.33 Å². The van der Waals surface area contributed by atoms with E-state index >= 15 is 0 Å². The van der Waals surface area contributed by atoms with Gasteiger partial charge in [0.2, 0.25) is 0 Å². The monoisotopic (exact) mass is 153 g/mol. The van der Waals surface area contributed by atoms with E-state index in [0.29, 0.717) is 6.61 Å². The van der Waals surface area contributed by atoms with Gasteiger partial charge in [-0.05, 0) is 0 Å². The fourth-order valence-electron chi connectivity index (χ4n) is 0.608. The Labute approximate surface area is 65.8 Å². The van der Waals surface area contributed by atoms with E-state index in [-0.39, 0.29) is 0 Å². The number of hydrogen-bond acceptors (Lipinski definition) is 4. The highest BCUT2D eigenvalue weighted by Crippen LogP contribution is 1.95. The van der Waals surface area contributed by atoms with Crippen molar-refractivity contribution in [2.75, 3.05) is 14.1 Å². The van der Waals surface area contributed by atoms with Crippen molar-refractivity contribution in [2.24, 2.45) is 0 Å². The van der Waals surface area contributed by atoms with Crippen LogP contribution in [0.1, 0.15) is 5.56 Å². The summed E-state index contributed by atoms with van der Waals surface area (Å²) in [6.45, 7) is 0.522. The molecule has 0 saturated carbocycles. The van der Waals surface area contributed by atoms with Crippen molar-refractivity contribution < 1.29 is 4.84 Å². The summed E-state index contributed by atoms with van der Waals surface area (Å²) in [5.41, 5.74) is 0.973. The molecule has 1 heterocycles. The third kappa shape index (κ3) is 3.06. The van der Waals surface area contributed by atoms with Crippen LogP contribution in [0, 0.1) is 0 Å². The van der Waals surface area contributed by atoms with Gasteiger partial charge in [0.25, 0.3) is 0 Å². The first-order valence-corrected chi connectivity index (χ1v) is 3.33. The van der Waals surface area contributed by atoms with E-state index < -0.39 is 0 Å². The van der Waals surface area contributed by atoms with E-state index in [2.05, 4.69) is 9.97 Å². The van der Waals surface area contributed by atoms with Crippen LogP contribution in [0.4, 0.5) is 0 Å². The average molecular weight is 153 g/mol. The maximum atomic E-state index is 5.18. The van der Waals surface area contributed by atoms with Gasteiger partial charge in [-0.2, -0.15) is 5.06 Å². The molecule has 0 N–H and O–H groups in total. The van der Waals surface area contributed by atoms with Crippen molar-refractivity contribution in [1.82, 2.24) is 15.0 Å². The normalized spacial score (nSPS) is 10.5.